The minimum absolute atomic E-state index is 0.650. The Kier molecular flexibility index (Phi) is 4.19. The van der Waals surface area contributed by atoms with Gasteiger partial charge in [0.05, 0.1) is 10.2 Å². The second kappa shape index (κ2) is 6.08. The first-order chi connectivity index (χ1) is 9.74. The van der Waals surface area contributed by atoms with Crippen LogP contribution in [0.1, 0.15) is 18.4 Å². The highest BCUT2D eigenvalue weighted by molar-refractivity contribution is 7.22. The number of piperidine rings is 1. The number of thiazole rings is 1. The second-order valence-corrected chi connectivity index (χ2v) is 6.59. The Labute approximate surface area is 123 Å². The number of nitrogens with two attached hydrogens (primary N) is 1. The number of hydrogen-bond acceptors (Lipinski definition) is 5. The molecule has 3 rings (SSSR count). The van der Waals surface area contributed by atoms with E-state index in [1.54, 1.807) is 18.4 Å². The van der Waals surface area contributed by atoms with Crippen molar-refractivity contribution in [3.05, 3.63) is 23.8 Å². The summed E-state index contributed by atoms with van der Waals surface area (Å²) in [4.78, 5) is 6.83. The van der Waals surface area contributed by atoms with Crippen molar-refractivity contribution in [1.29, 1.82) is 0 Å². The largest absolute Gasteiger partial charge is 0.384 e. The van der Waals surface area contributed by atoms with Gasteiger partial charge in [0, 0.05) is 20.3 Å². The lowest BCUT2D eigenvalue weighted by molar-refractivity contribution is 0.0968. The molecule has 1 aromatic heterocycles. The zero-order valence-electron chi connectivity index (χ0n) is 11.8. The highest BCUT2D eigenvalue weighted by Crippen LogP contribution is 2.26. The first-order valence-electron chi connectivity index (χ1n) is 7.11. The summed E-state index contributed by atoms with van der Waals surface area (Å²) in [5.41, 5.74) is 8.12. The lowest BCUT2D eigenvalue weighted by Gasteiger charge is -2.31. The second-order valence-electron chi connectivity index (χ2n) is 5.53. The van der Waals surface area contributed by atoms with E-state index in [1.807, 2.05) is 0 Å². The molecule has 4 nitrogen and oxygen atoms in total. The number of benzene rings is 1. The van der Waals surface area contributed by atoms with Crippen LogP contribution in [0.5, 0.6) is 0 Å². The van der Waals surface area contributed by atoms with E-state index < -0.39 is 0 Å². The van der Waals surface area contributed by atoms with Gasteiger partial charge < -0.3 is 10.5 Å². The number of fused-ring (bicyclic) bond motifs is 1. The Hall–Kier alpha value is -1.17. The maximum atomic E-state index is 5.75. The Balaban J connectivity index is 1.62. The van der Waals surface area contributed by atoms with Crippen molar-refractivity contribution < 1.29 is 4.74 Å². The predicted octanol–water partition coefficient (Wildman–Crippen LogP) is 2.74. The third-order valence-electron chi connectivity index (χ3n) is 3.99. The van der Waals surface area contributed by atoms with Gasteiger partial charge >= 0.3 is 0 Å². The average Bonchev–Trinajstić information content (AvgIpc) is 2.81. The molecule has 2 N–H and O–H groups in total. The van der Waals surface area contributed by atoms with Crippen LogP contribution in [0.25, 0.3) is 10.2 Å². The zero-order valence-corrected chi connectivity index (χ0v) is 12.7. The van der Waals surface area contributed by atoms with E-state index in [2.05, 4.69) is 28.1 Å². The van der Waals surface area contributed by atoms with Crippen molar-refractivity contribution in [3.63, 3.8) is 0 Å². The highest BCUT2D eigenvalue weighted by atomic mass is 32.1. The van der Waals surface area contributed by atoms with Crippen LogP contribution in [0.15, 0.2) is 18.2 Å². The first-order valence-corrected chi connectivity index (χ1v) is 7.92. The standard InChI is InChI=1S/C15H21N3OS/c1-19-10-11-4-6-18(7-5-11)9-12-2-3-13-14(8-12)20-15(16)17-13/h2-3,8,11H,4-7,9-10H2,1H3,(H2,16,17). The van der Waals surface area contributed by atoms with E-state index in [1.165, 1.54) is 23.1 Å². The Bertz CT molecular complexity index is 576. The molecule has 20 heavy (non-hydrogen) atoms. The van der Waals surface area contributed by atoms with Gasteiger partial charge in [0.25, 0.3) is 0 Å². The molecular weight excluding hydrogens is 270 g/mol. The molecule has 1 aliphatic rings. The molecule has 0 radical (unpaired) electrons. The molecule has 1 fully saturated rings. The summed E-state index contributed by atoms with van der Waals surface area (Å²) in [6.07, 6.45) is 2.48. The summed E-state index contributed by atoms with van der Waals surface area (Å²) >= 11 is 1.57. The van der Waals surface area contributed by atoms with Crippen LogP contribution in [0, 0.1) is 5.92 Å². The van der Waals surface area contributed by atoms with Crippen LogP contribution in [0.4, 0.5) is 5.13 Å². The Morgan fingerprint density at radius 2 is 2.20 bits per heavy atom. The van der Waals surface area contributed by atoms with Gasteiger partial charge in [-0.25, -0.2) is 4.98 Å². The maximum absolute atomic E-state index is 5.75. The zero-order chi connectivity index (χ0) is 13.9. The van der Waals surface area contributed by atoms with E-state index >= 15 is 0 Å². The fourth-order valence-electron chi connectivity index (χ4n) is 2.89. The molecule has 0 atom stereocenters. The number of hydrogen-bond donors (Lipinski definition) is 1. The third kappa shape index (κ3) is 3.11. The van der Waals surface area contributed by atoms with Crippen LogP contribution >= 0.6 is 11.3 Å². The Morgan fingerprint density at radius 3 is 2.95 bits per heavy atom. The van der Waals surface area contributed by atoms with Crippen molar-refractivity contribution >= 4 is 26.7 Å². The Morgan fingerprint density at radius 1 is 1.40 bits per heavy atom. The number of rotatable bonds is 4. The molecule has 0 spiro atoms. The first kappa shape index (κ1) is 13.8. The number of anilines is 1. The van der Waals surface area contributed by atoms with Crippen LogP contribution in [0.3, 0.4) is 0 Å². The number of ether oxygens (including phenoxy) is 1. The summed E-state index contributed by atoms with van der Waals surface area (Å²) in [6.45, 7) is 4.25. The molecule has 0 unspecified atom stereocenters. The molecular formula is C15H21N3OS. The monoisotopic (exact) mass is 291 g/mol. The number of aromatic nitrogens is 1. The molecule has 0 saturated carbocycles. The number of nitrogens with zero attached hydrogens (tertiary/aromatic N) is 2. The number of likely N-dealkylation sites (tertiary alicyclic amines) is 1. The van der Waals surface area contributed by atoms with Gasteiger partial charge in [-0.2, -0.15) is 0 Å². The minimum Gasteiger partial charge on any atom is -0.384 e. The van der Waals surface area contributed by atoms with E-state index in [0.717, 1.165) is 37.7 Å². The summed E-state index contributed by atoms with van der Waals surface area (Å²) < 4.78 is 6.44. The summed E-state index contributed by atoms with van der Waals surface area (Å²) in [6, 6.07) is 6.47. The van der Waals surface area contributed by atoms with E-state index in [-0.39, 0.29) is 0 Å². The molecule has 108 valence electrons. The molecule has 0 amide bonds. The molecule has 1 aromatic carbocycles. The minimum atomic E-state index is 0.650. The number of nitrogen functional groups attached to an aromatic ring is 1. The highest BCUT2D eigenvalue weighted by Gasteiger charge is 2.19. The SMILES string of the molecule is COCC1CCN(Cc2ccc3nc(N)sc3c2)CC1. The molecule has 2 heterocycles. The van der Waals surface area contributed by atoms with Gasteiger partial charge in [-0.1, -0.05) is 17.4 Å². The third-order valence-corrected chi connectivity index (χ3v) is 4.83. The van der Waals surface area contributed by atoms with E-state index in [0.29, 0.717) is 5.13 Å². The van der Waals surface area contributed by atoms with Crippen LogP contribution in [-0.2, 0) is 11.3 Å². The van der Waals surface area contributed by atoms with Crippen LogP contribution in [-0.4, -0.2) is 36.7 Å². The fraction of sp³-hybridized carbons (Fsp3) is 0.533. The van der Waals surface area contributed by atoms with Crippen LogP contribution < -0.4 is 5.73 Å². The van der Waals surface area contributed by atoms with Crippen molar-refractivity contribution in [3.8, 4) is 0 Å². The molecule has 1 aliphatic heterocycles. The van der Waals surface area contributed by atoms with Gasteiger partial charge in [0.2, 0.25) is 0 Å². The smallest absolute Gasteiger partial charge is 0.181 e. The molecule has 0 aliphatic carbocycles. The van der Waals surface area contributed by atoms with Gasteiger partial charge in [0.15, 0.2) is 5.13 Å². The fourth-order valence-corrected chi connectivity index (χ4v) is 3.69. The summed E-state index contributed by atoms with van der Waals surface area (Å²) in [7, 11) is 1.79. The quantitative estimate of drug-likeness (QED) is 0.941. The maximum Gasteiger partial charge on any atom is 0.181 e. The molecule has 0 bridgehead atoms. The lowest BCUT2D eigenvalue weighted by Crippen LogP contribution is -2.34. The van der Waals surface area contributed by atoms with Gasteiger partial charge in [0.1, 0.15) is 0 Å². The summed E-state index contributed by atoms with van der Waals surface area (Å²) in [5.74, 6) is 0.736. The molecule has 2 aromatic rings. The summed E-state index contributed by atoms with van der Waals surface area (Å²) in [5, 5.41) is 0.650. The van der Waals surface area contributed by atoms with Crippen molar-refractivity contribution in [2.45, 2.75) is 19.4 Å². The lowest BCUT2D eigenvalue weighted by atomic mass is 9.97. The van der Waals surface area contributed by atoms with Crippen molar-refractivity contribution in [2.75, 3.05) is 32.5 Å². The molecule has 5 heteroatoms. The van der Waals surface area contributed by atoms with Crippen LogP contribution in [0.2, 0.25) is 0 Å². The van der Waals surface area contributed by atoms with Crippen molar-refractivity contribution in [1.82, 2.24) is 9.88 Å². The van der Waals surface area contributed by atoms with Gasteiger partial charge in [-0.15, -0.1) is 0 Å². The number of methoxy groups -OCH3 is 1. The van der Waals surface area contributed by atoms with Gasteiger partial charge in [-0.3, -0.25) is 4.90 Å². The topological polar surface area (TPSA) is 51.4 Å². The average molecular weight is 291 g/mol. The van der Waals surface area contributed by atoms with E-state index in [9.17, 15) is 0 Å². The normalized spacial score (nSPS) is 17.9. The predicted molar refractivity (Wildman–Crippen MR) is 83.9 cm³/mol. The van der Waals surface area contributed by atoms with Crippen molar-refractivity contribution in [2.24, 2.45) is 5.92 Å². The van der Waals surface area contributed by atoms with Gasteiger partial charge in [-0.05, 0) is 49.5 Å². The molecule has 1 saturated heterocycles. The van der Waals surface area contributed by atoms with E-state index in [4.69, 9.17) is 10.5 Å².